The quantitative estimate of drug-likeness (QED) is 0.500. The Morgan fingerprint density at radius 2 is 2.00 bits per heavy atom. The Hall–Kier alpha value is -3.45. The van der Waals surface area contributed by atoms with E-state index in [1.54, 1.807) is 42.2 Å². The number of nitrogens with zero attached hydrogens (tertiary/aromatic N) is 4. The highest BCUT2D eigenvalue weighted by atomic mass is 35.5. The Morgan fingerprint density at radius 3 is 2.69 bits per heavy atom. The summed E-state index contributed by atoms with van der Waals surface area (Å²) in [5, 5.41) is 5.17. The Bertz CT molecular complexity index is 1270. The molecule has 1 atom stereocenters. The standard InChI is InChI=1S/C21H15ClN4O3/c1-11(27)16-12(2)29-21-18(17(16)15-4-3-9-28-15)20-24-19(25-26(20)10-23-21)13-5-7-14(22)8-6-13/h3-10,17H,1-2H3. The molecular formula is C21H15ClN4O3. The van der Waals surface area contributed by atoms with Crippen LogP contribution in [0.15, 0.2) is 64.7 Å². The topological polar surface area (TPSA) is 82.5 Å². The molecule has 0 radical (unpaired) electrons. The number of fused-ring (bicyclic) bond motifs is 3. The first-order chi connectivity index (χ1) is 14.0. The number of carbonyl (C=O) groups is 1. The second-order valence-electron chi connectivity index (χ2n) is 6.75. The third-order valence-electron chi connectivity index (χ3n) is 4.90. The Labute approximate surface area is 170 Å². The zero-order valence-electron chi connectivity index (χ0n) is 15.6. The van der Waals surface area contributed by atoms with Crippen LogP contribution in [0.5, 0.6) is 5.88 Å². The van der Waals surface area contributed by atoms with E-state index in [2.05, 4.69) is 10.1 Å². The van der Waals surface area contributed by atoms with Crippen LogP contribution in [-0.4, -0.2) is 25.4 Å². The fourth-order valence-corrected chi connectivity index (χ4v) is 3.78. The number of aromatic nitrogens is 4. The van der Waals surface area contributed by atoms with Gasteiger partial charge in [-0.3, -0.25) is 4.79 Å². The first kappa shape index (κ1) is 17.6. The predicted octanol–water partition coefficient (Wildman–Crippen LogP) is 4.43. The molecule has 7 nitrogen and oxygen atoms in total. The average molecular weight is 407 g/mol. The van der Waals surface area contributed by atoms with E-state index in [1.807, 2.05) is 18.2 Å². The molecule has 1 unspecified atom stereocenters. The molecular weight excluding hydrogens is 392 g/mol. The molecule has 0 aliphatic carbocycles. The summed E-state index contributed by atoms with van der Waals surface area (Å²) >= 11 is 5.99. The third-order valence-corrected chi connectivity index (χ3v) is 5.15. The molecule has 1 aliphatic heterocycles. The smallest absolute Gasteiger partial charge is 0.228 e. The average Bonchev–Trinajstić information content (AvgIpc) is 3.37. The highest BCUT2D eigenvalue weighted by molar-refractivity contribution is 6.30. The molecule has 8 heteroatoms. The monoisotopic (exact) mass is 406 g/mol. The van der Waals surface area contributed by atoms with Crippen LogP contribution in [-0.2, 0) is 4.79 Å². The molecule has 4 aromatic rings. The summed E-state index contributed by atoms with van der Waals surface area (Å²) < 4.78 is 13.1. The third kappa shape index (κ3) is 2.82. The summed E-state index contributed by atoms with van der Waals surface area (Å²) in [6, 6.07) is 10.9. The Balaban J connectivity index is 1.76. The van der Waals surface area contributed by atoms with Crippen LogP contribution in [0.25, 0.3) is 17.0 Å². The minimum Gasteiger partial charge on any atom is -0.468 e. The van der Waals surface area contributed by atoms with Gasteiger partial charge in [0.2, 0.25) is 5.88 Å². The fraction of sp³-hybridized carbons (Fsp3) is 0.143. The van der Waals surface area contributed by atoms with Crippen molar-refractivity contribution in [3.05, 3.63) is 76.7 Å². The molecule has 1 aromatic carbocycles. The molecule has 0 bridgehead atoms. The van der Waals surface area contributed by atoms with Gasteiger partial charge in [0.15, 0.2) is 17.3 Å². The number of hydrogen-bond acceptors (Lipinski definition) is 6. The van der Waals surface area contributed by atoms with Gasteiger partial charge in [0, 0.05) is 16.2 Å². The van der Waals surface area contributed by atoms with Crippen LogP contribution in [0.3, 0.4) is 0 Å². The normalized spacial score (nSPS) is 16.0. The first-order valence-corrected chi connectivity index (χ1v) is 9.35. The van der Waals surface area contributed by atoms with Crippen molar-refractivity contribution in [2.75, 3.05) is 0 Å². The van der Waals surface area contributed by atoms with Gasteiger partial charge >= 0.3 is 0 Å². The van der Waals surface area contributed by atoms with E-state index < -0.39 is 5.92 Å². The lowest BCUT2D eigenvalue weighted by molar-refractivity contribution is -0.114. The summed E-state index contributed by atoms with van der Waals surface area (Å²) in [5.41, 5.74) is 2.52. The molecule has 0 N–H and O–H groups in total. The van der Waals surface area contributed by atoms with E-state index in [1.165, 1.54) is 6.92 Å². The molecule has 4 heterocycles. The second kappa shape index (κ2) is 6.56. The summed E-state index contributed by atoms with van der Waals surface area (Å²) in [5.74, 6) is 1.44. The molecule has 1 aliphatic rings. The molecule has 0 fully saturated rings. The van der Waals surface area contributed by atoms with Crippen molar-refractivity contribution in [1.29, 1.82) is 0 Å². The summed E-state index contributed by atoms with van der Waals surface area (Å²) in [4.78, 5) is 21.6. The fourth-order valence-electron chi connectivity index (χ4n) is 3.65. The SMILES string of the molecule is CC(=O)C1=C(C)Oc2ncn3nc(-c4ccc(Cl)cc4)nc3c2C1c1ccco1. The summed E-state index contributed by atoms with van der Waals surface area (Å²) in [7, 11) is 0. The largest absolute Gasteiger partial charge is 0.468 e. The van der Waals surface area contributed by atoms with Crippen molar-refractivity contribution in [3.8, 4) is 17.3 Å². The Morgan fingerprint density at radius 1 is 1.21 bits per heavy atom. The molecule has 0 spiro atoms. The minimum absolute atomic E-state index is 0.103. The number of benzene rings is 1. The lowest BCUT2D eigenvalue weighted by Crippen LogP contribution is -2.21. The second-order valence-corrected chi connectivity index (χ2v) is 7.19. The maximum absolute atomic E-state index is 12.5. The number of carbonyl (C=O) groups excluding carboxylic acids is 1. The highest BCUT2D eigenvalue weighted by Gasteiger charge is 2.37. The van der Waals surface area contributed by atoms with Crippen molar-refractivity contribution in [2.24, 2.45) is 0 Å². The van der Waals surface area contributed by atoms with Gasteiger partial charge in [0.25, 0.3) is 0 Å². The minimum atomic E-state index is -0.482. The van der Waals surface area contributed by atoms with Crippen LogP contribution in [0.2, 0.25) is 5.02 Å². The molecule has 0 saturated carbocycles. The van der Waals surface area contributed by atoms with E-state index in [0.29, 0.717) is 45.0 Å². The van der Waals surface area contributed by atoms with Crippen molar-refractivity contribution >= 4 is 23.0 Å². The van der Waals surface area contributed by atoms with E-state index >= 15 is 0 Å². The molecule has 144 valence electrons. The van der Waals surface area contributed by atoms with Crippen LogP contribution in [0, 0.1) is 0 Å². The number of halogens is 1. The maximum atomic E-state index is 12.5. The Kier molecular flexibility index (Phi) is 3.99. The zero-order valence-corrected chi connectivity index (χ0v) is 16.3. The summed E-state index contributed by atoms with van der Waals surface area (Å²) in [6.07, 6.45) is 3.12. The van der Waals surface area contributed by atoms with Gasteiger partial charge in [0.05, 0.1) is 17.7 Å². The van der Waals surface area contributed by atoms with Crippen molar-refractivity contribution in [2.45, 2.75) is 19.8 Å². The van der Waals surface area contributed by atoms with Gasteiger partial charge in [-0.2, -0.15) is 0 Å². The highest BCUT2D eigenvalue weighted by Crippen LogP contribution is 2.44. The van der Waals surface area contributed by atoms with E-state index in [0.717, 1.165) is 5.56 Å². The van der Waals surface area contributed by atoms with Gasteiger partial charge < -0.3 is 9.15 Å². The number of ketones is 1. The molecule has 29 heavy (non-hydrogen) atoms. The van der Waals surface area contributed by atoms with Gasteiger partial charge in [-0.25, -0.2) is 14.5 Å². The molecule has 3 aromatic heterocycles. The number of furan rings is 1. The van der Waals surface area contributed by atoms with Crippen LogP contribution in [0.4, 0.5) is 0 Å². The van der Waals surface area contributed by atoms with Crippen molar-refractivity contribution < 1.29 is 13.9 Å². The van der Waals surface area contributed by atoms with E-state index in [9.17, 15) is 4.79 Å². The summed E-state index contributed by atoms with van der Waals surface area (Å²) in [6.45, 7) is 3.27. The number of allylic oxidation sites excluding steroid dienone is 2. The van der Waals surface area contributed by atoms with Gasteiger partial charge in [0.1, 0.15) is 17.8 Å². The number of hydrogen-bond donors (Lipinski definition) is 0. The maximum Gasteiger partial charge on any atom is 0.228 e. The molecule has 5 rings (SSSR count). The lowest BCUT2D eigenvalue weighted by atomic mass is 9.85. The van der Waals surface area contributed by atoms with Gasteiger partial charge in [-0.15, -0.1) is 5.10 Å². The van der Waals surface area contributed by atoms with Crippen LogP contribution >= 0.6 is 11.6 Å². The van der Waals surface area contributed by atoms with E-state index in [-0.39, 0.29) is 5.78 Å². The van der Waals surface area contributed by atoms with Gasteiger partial charge in [-0.1, -0.05) is 11.6 Å². The molecule has 0 saturated heterocycles. The number of ether oxygens (including phenoxy) is 1. The first-order valence-electron chi connectivity index (χ1n) is 8.97. The zero-order chi connectivity index (χ0) is 20.1. The van der Waals surface area contributed by atoms with Crippen LogP contribution < -0.4 is 4.74 Å². The van der Waals surface area contributed by atoms with Crippen molar-refractivity contribution in [3.63, 3.8) is 0 Å². The number of Topliss-reactive ketones (excluding diaryl/α,β-unsaturated/α-hetero) is 1. The number of rotatable bonds is 3. The van der Waals surface area contributed by atoms with Crippen molar-refractivity contribution in [1.82, 2.24) is 19.6 Å². The predicted molar refractivity (Wildman–Crippen MR) is 106 cm³/mol. The van der Waals surface area contributed by atoms with Crippen LogP contribution in [0.1, 0.15) is 31.1 Å². The molecule has 0 amide bonds. The van der Waals surface area contributed by atoms with E-state index in [4.69, 9.17) is 25.7 Å². The lowest BCUT2D eigenvalue weighted by Gasteiger charge is -2.26. The van der Waals surface area contributed by atoms with Gasteiger partial charge in [-0.05, 0) is 50.2 Å².